The van der Waals surface area contributed by atoms with Gasteiger partial charge >= 0.3 is 12.1 Å². The molecule has 0 bridgehead atoms. The van der Waals surface area contributed by atoms with E-state index < -0.39 is 17.8 Å². The average Bonchev–Trinajstić information content (AvgIpc) is 2.18. The fraction of sp³-hybridized carbons (Fsp3) is 0.444. The summed E-state index contributed by atoms with van der Waals surface area (Å²) in [6.07, 6.45) is -4.57. The van der Waals surface area contributed by atoms with Crippen molar-refractivity contribution in [1.29, 1.82) is 0 Å². The van der Waals surface area contributed by atoms with E-state index in [4.69, 9.17) is 0 Å². The van der Waals surface area contributed by atoms with Crippen molar-refractivity contribution in [2.24, 2.45) is 0 Å². The van der Waals surface area contributed by atoms with Gasteiger partial charge in [-0.3, -0.25) is 0 Å². The van der Waals surface area contributed by atoms with E-state index in [1.165, 1.54) is 6.92 Å². The number of hydrogen-bond donors (Lipinski definition) is 0. The van der Waals surface area contributed by atoms with Gasteiger partial charge in [-0.05, 0) is 13.8 Å². The molecule has 16 heavy (non-hydrogen) atoms. The highest BCUT2D eigenvalue weighted by atomic mass is 19.4. The van der Waals surface area contributed by atoms with E-state index in [1.54, 1.807) is 0 Å². The minimum atomic E-state index is -4.57. The third-order valence-corrected chi connectivity index (χ3v) is 1.89. The van der Waals surface area contributed by atoms with E-state index in [0.29, 0.717) is 0 Å². The summed E-state index contributed by atoms with van der Waals surface area (Å²) in [4.78, 5) is 18.0. The van der Waals surface area contributed by atoms with Crippen LogP contribution in [0.25, 0.3) is 0 Å². The Hall–Kier alpha value is -1.66. The van der Waals surface area contributed by atoms with Crippen molar-refractivity contribution in [1.82, 2.24) is 9.97 Å². The average molecular weight is 234 g/mol. The zero-order chi connectivity index (χ0) is 12.5. The lowest BCUT2D eigenvalue weighted by molar-refractivity contribution is -0.142. The molecule has 0 amide bonds. The van der Waals surface area contributed by atoms with Crippen LogP contribution in [0.5, 0.6) is 0 Å². The van der Waals surface area contributed by atoms with E-state index >= 15 is 0 Å². The Labute approximate surface area is 89.5 Å². The van der Waals surface area contributed by atoms with Crippen molar-refractivity contribution in [3.05, 3.63) is 22.8 Å². The summed E-state index contributed by atoms with van der Waals surface area (Å²) < 4.78 is 41.6. The molecule has 4 nitrogen and oxygen atoms in total. The van der Waals surface area contributed by atoms with Gasteiger partial charge in [-0.25, -0.2) is 14.8 Å². The summed E-state index contributed by atoms with van der Waals surface area (Å²) in [6, 6.07) is 0. The first-order valence-electron chi connectivity index (χ1n) is 4.28. The van der Waals surface area contributed by atoms with Crippen molar-refractivity contribution in [2.75, 3.05) is 7.11 Å². The first-order valence-corrected chi connectivity index (χ1v) is 4.28. The van der Waals surface area contributed by atoms with Gasteiger partial charge in [0.05, 0.1) is 18.5 Å². The Morgan fingerprint density at radius 3 is 2.19 bits per heavy atom. The van der Waals surface area contributed by atoms with Crippen LogP contribution in [0.2, 0.25) is 0 Å². The highest BCUT2D eigenvalue weighted by Crippen LogP contribution is 2.29. The third kappa shape index (κ3) is 2.29. The van der Waals surface area contributed by atoms with Gasteiger partial charge in [-0.15, -0.1) is 0 Å². The normalized spacial score (nSPS) is 11.4. The van der Waals surface area contributed by atoms with Crippen LogP contribution in [0, 0.1) is 13.8 Å². The SMILES string of the molecule is COC(=O)c1nc(C)c(C(F)(F)F)nc1C. The largest absolute Gasteiger partial charge is 0.464 e. The van der Waals surface area contributed by atoms with E-state index in [9.17, 15) is 18.0 Å². The van der Waals surface area contributed by atoms with Crippen LogP contribution in [0.4, 0.5) is 13.2 Å². The Morgan fingerprint density at radius 2 is 1.75 bits per heavy atom. The number of methoxy groups -OCH3 is 1. The number of alkyl halides is 3. The number of halogens is 3. The molecule has 7 heteroatoms. The predicted octanol–water partition coefficient (Wildman–Crippen LogP) is 1.90. The molecule has 0 fully saturated rings. The summed E-state index contributed by atoms with van der Waals surface area (Å²) in [6.45, 7) is 2.41. The first-order chi connectivity index (χ1) is 7.27. The monoisotopic (exact) mass is 234 g/mol. The van der Waals surface area contributed by atoms with E-state index in [2.05, 4.69) is 14.7 Å². The van der Waals surface area contributed by atoms with Crippen molar-refractivity contribution >= 4 is 5.97 Å². The van der Waals surface area contributed by atoms with Crippen LogP contribution in [-0.4, -0.2) is 23.0 Å². The Kier molecular flexibility index (Phi) is 3.16. The molecule has 1 aromatic heterocycles. The zero-order valence-electron chi connectivity index (χ0n) is 8.84. The Balaban J connectivity index is 3.33. The number of rotatable bonds is 1. The fourth-order valence-electron chi connectivity index (χ4n) is 1.16. The minimum Gasteiger partial charge on any atom is -0.464 e. The van der Waals surface area contributed by atoms with Gasteiger partial charge in [0.25, 0.3) is 0 Å². The molecule has 0 spiro atoms. The molecule has 0 aliphatic heterocycles. The highest BCUT2D eigenvalue weighted by molar-refractivity contribution is 5.88. The lowest BCUT2D eigenvalue weighted by Gasteiger charge is -2.11. The number of carbonyl (C=O) groups is 1. The molecule has 0 aliphatic carbocycles. The number of aryl methyl sites for hydroxylation is 2. The molecular formula is C9H9F3N2O2. The minimum absolute atomic E-state index is 0.107. The molecule has 1 aromatic rings. The van der Waals surface area contributed by atoms with Crippen LogP contribution in [0.1, 0.15) is 27.6 Å². The lowest BCUT2D eigenvalue weighted by atomic mass is 10.2. The molecule has 0 saturated heterocycles. The standard InChI is InChI=1S/C9H9F3N2O2/c1-4-6(8(15)16-3)13-5(2)7(14-4)9(10,11)12/h1-3H3. The fourth-order valence-corrected chi connectivity index (χ4v) is 1.16. The smallest absolute Gasteiger partial charge is 0.435 e. The summed E-state index contributed by atoms with van der Waals surface area (Å²) in [7, 11) is 1.12. The predicted molar refractivity (Wildman–Crippen MR) is 47.8 cm³/mol. The van der Waals surface area contributed by atoms with Gasteiger partial charge in [-0.1, -0.05) is 0 Å². The molecule has 0 radical (unpaired) electrons. The number of aromatic nitrogens is 2. The first kappa shape index (κ1) is 12.4. The van der Waals surface area contributed by atoms with Gasteiger partial charge in [0.1, 0.15) is 0 Å². The summed E-state index contributed by atoms with van der Waals surface area (Å²) in [5, 5.41) is 0. The molecule has 0 atom stereocenters. The number of nitrogens with zero attached hydrogens (tertiary/aromatic N) is 2. The van der Waals surface area contributed by atoms with Crippen molar-refractivity contribution < 1.29 is 22.7 Å². The summed E-state index contributed by atoms with van der Waals surface area (Å²) >= 11 is 0. The highest BCUT2D eigenvalue weighted by Gasteiger charge is 2.36. The van der Waals surface area contributed by atoms with Gasteiger partial charge < -0.3 is 4.74 Å². The second-order valence-corrected chi connectivity index (χ2v) is 3.08. The molecule has 0 aliphatic rings. The van der Waals surface area contributed by atoms with E-state index in [1.807, 2.05) is 0 Å². The lowest BCUT2D eigenvalue weighted by Crippen LogP contribution is -2.17. The van der Waals surface area contributed by atoms with Crippen molar-refractivity contribution in [2.45, 2.75) is 20.0 Å². The van der Waals surface area contributed by atoms with Gasteiger partial charge in [0.15, 0.2) is 11.4 Å². The van der Waals surface area contributed by atoms with Gasteiger partial charge in [0, 0.05) is 0 Å². The molecule has 0 saturated carbocycles. The Bertz CT molecular complexity index is 429. The van der Waals surface area contributed by atoms with Crippen LogP contribution in [0.3, 0.4) is 0 Å². The molecule has 1 rings (SSSR count). The maximum Gasteiger partial charge on any atom is 0.435 e. The van der Waals surface area contributed by atoms with Crippen LogP contribution in [-0.2, 0) is 10.9 Å². The van der Waals surface area contributed by atoms with Crippen LogP contribution in [0.15, 0.2) is 0 Å². The molecule has 0 unspecified atom stereocenters. The van der Waals surface area contributed by atoms with Gasteiger partial charge in [0.2, 0.25) is 0 Å². The second-order valence-electron chi connectivity index (χ2n) is 3.08. The molecule has 0 aromatic carbocycles. The molecule has 88 valence electrons. The number of carbonyl (C=O) groups excluding carboxylic acids is 1. The summed E-state index contributed by atoms with van der Waals surface area (Å²) in [5.41, 5.74) is -1.74. The maximum atomic E-state index is 12.4. The second kappa shape index (κ2) is 4.07. The number of ether oxygens (including phenoxy) is 1. The zero-order valence-corrected chi connectivity index (χ0v) is 8.84. The maximum absolute atomic E-state index is 12.4. The number of hydrogen-bond acceptors (Lipinski definition) is 4. The topological polar surface area (TPSA) is 52.1 Å². The quantitative estimate of drug-likeness (QED) is 0.696. The molecule has 0 N–H and O–H groups in total. The Morgan fingerprint density at radius 1 is 1.19 bits per heavy atom. The van der Waals surface area contributed by atoms with Gasteiger partial charge in [-0.2, -0.15) is 13.2 Å². The van der Waals surface area contributed by atoms with Crippen LogP contribution < -0.4 is 0 Å². The molecular weight excluding hydrogens is 225 g/mol. The van der Waals surface area contributed by atoms with E-state index in [0.717, 1.165) is 14.0 Å². The molecule has 1 heterocycles. The van der Waals surface area contributed by atoms with Crippen molar-refractivity contribution in [3.63, 3.8) is 0 Å². The third-order valence-electron chi connectivity index (χ3n) is 1.89. The summed E-state index contributed by atoms with van der Waals surface area (Å²) in [5.74, 6) is -0.804. The van der Waals surface area contributed by atoms with Crippen molar-refractivity contribution in [3.8, 4) is 0 Å². The van der Waals surface area contributed by atoms with Crippen LogP contribution >= 0.6 is 0 Å². The van der Waals surface area contributed by atoms with E-state index in [-0.39, 0.29) is 17.1 Å². The number of esters is 1.